The molecule has 0 saturated heterocycles. The number of nitro benzene ring substituents is 1. The largest absolute Gasteiger partial charge is 0.497 e. The Labute approximate surface area is 211 Å². The Hall–Kier alpha value is -4.50. The third-order valence-electron chi connectivity index (χ3n) is 5.64. The first-order valence-electron chi connectivity index (χ1n) is 11.2. The van der Waals surface area contributed by atoms with Crippen LogP contribution in [-0.4, -0.2) is 22.0 Å². The lowest BCUT2D eigenvalue weighted by Crippen LogP contribution is -2.14. The summed E-state index contributed by atoms with van der Waals surface area (Å²) in [6, 6.07) is 24.2. The average Bonchev–Trinajstić information content (AvgIpc) is 3.60. The number of nitrogens with one attached hydrogen (secondary N) is 1. The number of ether oxygens (including phenoxy) is 1. The molecule has 0 amide bonds. The summed E-state index contributed by atoms with van der Waals surface area (Å²) in [5, 5.41) is 17.3. The van der Waals surface area contributed by atoms with Crippen LogP contribution in [0, 0.1) is 10.1 Å². The highest BCUT2D eigenvalue weighted by atomic mass is 32.1. The van der Waals surface area contributed by atoms with E-state index in [2.05, 4.69) is 10.3 Å². The van der Waals surface area contributed by atoms with Crippen molar-refractivity contribution < 1.29 is 14.1 Å². The van der Waals surface area contributed by atoms with Crippen LogP contribution in [0.1, 0.15) is 17.3 Å². The van der Waals surface area contributed by atoms with Gasteiger partial charge in [-0.05, 0) is 24.1 Å². The molecular weight excluding hydrogens is 476 g/mol. The summed E-state index contributed by atoms with van der Waals surface area (Å²) in [6.07, 6.45) is 2.20. The Kier molecular flexibility index (Phi) is 6.72. The molecule has 0 aliphatic rings. The molecule has 5 rings (SSSR count). The van der Waals surface area contributed by atoms with Gasteiger partial charge in [0, 0.05) is 28.6 Å². The van der Waals surface area contributed by atoms with Crippen molar-refractivity contribution in [1.82, 2.24) is 9.97 Å². The zero-order valence-corrected chi connectivity index (χ0v) is 20.1. The SMILES string of the molecule is COc1cccc(-c2cnc(NC(Cc3ccc([N+](=O)[O-])cc3)c3csc(-c4ccccc4)n3)o2)c1. The minimum Gasteiger partial charge on any atom is -0.497 e. The van der Waals surface area contributed by atoms with Gasteiger partial charge < -0.3 is 14.5 Å². The van der Waals surface area contributed by atoms with Crippen LogP contribution < -0.4 is 10.1 Å². The number of methoxy groups -OCH3 is 1. The summed E-state index contributed by atoms with van der Waals surface area (Å²) in [6.45, 7) is 0. The number of non-ortho nitro benzene ring substituents is 1. The van der Waals surface area contributed by atoms with E-state index in [9.17, 15) is 10.1 Å². The molecule has 8 nitrogen and oxygen atoms in total. The molecule has 180 valence electrons. The molecule has 1 atom stereocenters. The molecule has 0 fully saturated rings. The molecule has 0 radical (unpaired) electrons. The fourth-order valence-corrected chi connectivity index (χ4v) is 4.66. The maximum absolute atomic E-state index is 11.1. The normalized spacial score (nSPS) is 11.7. The highest BCUT2D eigenvalue weighted by molar-refractivity contribution is 7.13. The third-order valence-corrected chi connectivity index (χ3v) is 6.55. The van der Waals surface area contributed by atoms with E-state index in [0.29, 0.717) is 18.2 Å². The second kappa shape index (κ2) is 10.4. The molecule has 2 heterocycles. The lowest BCUT2D eigenvalue weighted by atomic mass is 10.0. The topological polar surface area (TPSA) is 103 Å². The maximum atomic E-state index is 11.1. The Morgan fingerprint density at radius 1 is 1.06 bits per heavy atom. The van der Waals surface area contributed by atoms with E-state index in [-0.39, 0.29) is 11.7 Å². The predicted octanol–water partition coefficient (Wildman–Crippen LogP) is 6.78. The summed E-state index contributed by atoms with van der Waals surface area (Å²) in [5.41, 5.74) is 3.70. The van der Waals surface area contributed by atoms with Crippen molar-refractivity contribution in [3.8, 4) is 27.6 Å². The molecule has 36 heavy (non-hydrogen) atoms. The molecule has 0 aliphatic heterocycles. The lowest BCUT2D eigenvalue weighted by molar-refractivity contribution is -0.384. The number of nitro groups is 1. The van der Waals surface area contributed by atoms with Gasteiger partial charge in [0.05, 0.1) is 30.0 Å². The molecule has 2 aromatic heterocycles. The molecule has 1 N–H and O–H groups in total. The minimum absolute atomic E-state index is 0.0545. The molecule has 0 aliphatic carbocycles. The first kappa shape index (κ1) is 23.3. The van der Waals surface area contributed by atoms with Crippen molar-refractivity contribution in [3.63, 3.8) is 0 Å². The van der Waals surface area contributed by atoms with Gasteiger partial charge in [-0.1, -0.05) is 54.6 Å². The first-order chi connectivity index (χ1) is 17.6. The Balaban J connectivity index is 1.43. The second-order valence-corrected chi connectivity index (χ2v) is 8.89. The summed E-state index contributed by atoms with van der Waals surface area (Å²) < 4.78 is 11.3. The van der Waals surface area contributed by atoms with Crippen LogP contribution >= 0.6 is 11.3 Å². The number of aromatic nitrogens is 2. The van der Waals surface area contributed by atoms with E-state index in [4.69, 9.17) is 14.1 Å². The van der Waals surface area contributed by atoms with Crippen molar-refractivity contribution >= 4 is 23.0 Å². The Bertz CT molecular complexity index is 1460. The van der Waals surface area contributed by atoms with Crippen LogP contribution in [0.2, 0.25) is 0 Å². The number of thiazole rings is 1. The van der Waals surface area contributed by atoms with Gasteiger partial charge in [-0.2, -0.15) is 0 Å². The van der Waals surface area contributed by atoms with Crippen LogP contribution in [0.3, 0.4) is 0 Å². The number of hydrogen-bond acceptors (Lipinski definition) is 8. The van der Waals surface area contributed by atoms with Crippen LogP contribution in [-0.2, 0) is 6.42 Å². The summed E-state index contributed by atoms with van der Waals surface area (Å²) in [4.78, 5) is 19.9. The first-order valence-corrected chi connectivity index (χ1v) is 12.1. The minimum atomic E-state index is -0.404. The standard InChI is InChI=1S/C27H22N4O4S/c1-34-22-9-5-8-20(15-22)25-16-28-27(35-25)30-23(14-18-10-12-21(13-11-18)31(32)33)24-17-36-26(29-24)19-6-3-2-4-7-19/h2-13,15-17,23H,14H2,1H3,(H,28,30). The summed E-state index contributed by atoms with van der Waals surface area (Å²) in [7, 11) is 1.62. The van der Waals surface area contributed by atoms with Gasteiger partial charge in [0.1, 0.15) is 10.8 Å². The zero-order chi connectivity index (χ0) is 24.9. The number of benzene rings is 3. The smallest absolute Gasteiger partial charge is 0.295 e. The van der Waals surface area contributed by atoms with Gasteiger partial charge in [0.25, 0.3) is 11.7 Å². The van der Waals surface area contributed by atoms with Crippen molar-refractivity contribution in [2.45, 2.75) is 12.5 Å². The molecule has 5 aromatic rings. The number of anilines is 1. The van der Waals surface area contributed by atoms with Crippen LogP contribution in [0.25, 0.3) is 21.9 Å². The van der Waals surface area contributed by atoms with Crippen molar-refractivity contribution in [1.29, 1.82) is 0 Å². The quantitative estimate of drug-likeness (QED) is 0.176. The average molecular weight is 499 g/mol. The molecular formula is C27H22N4O4S. The van der Waals surface area contributed by atoms with Gasteiger partial charge in [-0.15, -0.1) is 11.3 Å². The summed E-state index contributed by atoms with van der Waals surface area (Å²) in [5.74, 6) is 1.33. The van der Waals surface area contributed by atoms with E-state index >= 15 is 0 Å². The van der Waals surface area contributed by atoms with E-state index in [1.54, 1.807) is 36.8 Å². The molecule has 0 spiro atoms. The van der Waals surface area contributed by atoms with Crippen molar-refractivity contribution in [2.24, 2.45) is 0 Å². The zero-order valence-electron chi connectivity index (χ0n) is 19.3. The van der Waals surface area contributed by atoms with Crippen molar-refractivity contribution in [3.05, 3.63) is 112 Å². The van der Waals surface area contributed by atoms with Gasteiger partial charge in [-0.25, -0.2) is 9.97 Å². The number of oxazole rings is 1. The van der Waals surface area contributed by atoms with E-state index in [1.807, 2.05) is 60.0 Å². The van der Waals surface area contributed by atoms with Crippen LogP contribution in [0.5, 0.6) is 5.75 Å². The van der Waals surface area contributed by atoms with Crippen LogP contribution in [0.4, 0.5) is 11.7 Å². The van der Waals surface area contributed by atoms with Gasteiger partial charge in [0.15, 0.2) is 5.76 Å². The molecule has 9 heteroatoms. The highest BCUT2D eigenvalue weighted by Gasteiger charge is 2.20. The maximum Gasteiger partial charge on any atom is 0.295 e. The Morgan fingerprint density at radius 3 is 2.58 bits per heavy atom. The van der Waals surface area contributed by atoms with E-state index < -0.39 is 4.92 Å². The number of nitrogens with zero attached hydrogens (tertiary/aromatic N) is 3. The number of hydrogen-bond donors (Lipinski definition) is 1. The monoisotopic (exact) mass is 498 g/mol. The third kappa shape index (κ3) is 5.26. The lowest BCUT2D eigenvalue weighted by Gasteiger charge is -2.16. The molecule has 0 saturated carbocycles. The second-order valence-electron chi connectivity index (χ2n) is 8.03. The molecule has 3 aromatic carbocycles. The molecule has 1 unspecified atom stereocenters. The molecule has 0 bridgehead atoms. The van der Waals surface area contributed by atoms with Crippen LogP contribution in [0.15, 0.2) is 94.9 Å². The van der Waals surface area contributed by atoms with E-state index in [0.717, 1.165) is 33.1 Å². The van der Waals surface area contributed by atoms with Gasteiger partial charge in [-0.3, -0.25) is 10.1 Å². The highest BCUT2D eigenvalue weighted by Crippen LogP contribution is 2.32. The van der Waals surface area contributed by atoms with E-state index in [1.165, 1.54) is 12.1 Å². The Morgan fingerprint density at radius 2 is 1.83 bits per heavy atom. The van der Waals surface area contributed by atoms with Gasteiger partial charge in [0.2, 0.25) is 0 Å². The van der Waals surface area contributed by atoms with Gasteiger partial charge >= 0.3 is 0 Å². The predicted molar refractivity (Wildman–Crippen MR) is 139 cm³/mol. The number of rotatable bonds is 9. The fourth-order valence-electron chi connectivity index (χ4n) is 3.78. The fraction of sp³-hybridized carbons (Fsp3) is 0.111. The van der Waals surface area contributed by atoms with Crippen molar-refractivity contribution in [2.75, 3.05) is 12.4 Å². The summed E-state index contributed by atoms with van der Waals surface area (Å²) >= 11 is 1.56.